The lowest BCUT2D eigenvalue weighted by molar-refractivity contribution is -0.152. The van der Waals surface area contributed by atoms with Gasteiger partial charge in [-0.2, -0.15) is 0 Å². The molecule has 1 aliphatic rings. The molecule has 0 aliphatic carbocycles. The summed E-state index contributed by atoms with van der Waals surface area (Å²) in [5.74, 6) is -1.22. The number of carbonyl (C=O) groups is 2. The van der Waals surface area contributed by atoms with Gasteiger partial charge in [-0.1, -0.05) is 84.0 Å². The third-order valence-corrected chi connectivity index (χ3v) is 8.83. The van der Waals surface area contributed by atoms with Crippen LogP contribution in [-0.2, 0) is 21.5 Å². The standard InChI is InChI=1S/C36H47N3O5/c1-22(23-14-11-10-12-15-23)33(40)39-30(26-16-13-19-37-32(26)44-9)29(28(36(5,6)7)31(39)34(41)42)38-21-24-20-25(35(2,3)4)17-18-27(24)43-8/h10-20,22,28-31,38H,21H2,1-9H3,(H,41,42)/t22-,28+,29+,30+,31+/m1/s1. The van der Waals surface area contributed by atoms with Crippen molar-refractivity contribution in [1.29, 1.82) is 0 Å². The molecule has 4 rings (SSSR count). The molecule has 0 saturated carbocycles. The molecule has 2 aromatic carbocycles. The number of aliphatic carboxylic acids is 1. The van der Waals surface area contributed by atoms with Gasteiger partial charge in [0.2, 0.25) is 11.8 Å². The van der Waals surface area contributed by atoms with Gasteiger partial charge in [0, 0.05) is 35.8 Å². The molecule has 5 atom stereocenters. The van der Waals surface area contributed by atoms with Crippen LogP contribution < -0.4 is 14.8 Å². The van der Waals surface area contributed by atoms with Crippen molar-refractivity contribution in [3.05, 3.63) is 89.1 Å². The first-order valence-corrected chi connectivity index (χ1v) is 15.2. The number of hydrogen-bond acceptors (Lipinski definition) is 6. The van der Waals surface area contributed by atoms with Crippen LogP contribution in [0.4, 0.5) is 0 Å². The van der Waals surface area contributed by atoms with E-state index in [0.717, 1.165) is 22.4 Å². The van der Waals surface area contributed by atoms with Crippen molar-refractivity contribution in [3.8, 4) is 11.6 Å². The Bertz CT molecular complexity index is 1460. The fourth-order valence-corrected chi connectivity index (χ4v) is 6.57. The van der Waals surface area contributed by atoms with Crippen LogP contribution in [-0.4, -0.2) is 53.2 Å². The zero-order valence-electron chi connectivity index (χ0n) is 27.4. The molecule has 1 aliphatic heterocycles. The van der Waals surface area contributed by atoms with Crippen molar-refractivity contribution in [2.45, 2.75) is 84.5 Å². The molecule has 3 aromatic rings. The van der Waals surface area contributed by atoms with Crippen molar-refractivity contribution in [2.24, 2.45) is 11.3 Å². The van der Waals surface area contributed by atoms with E-state index in [4.69, 9.17) is 9.47 Å². The number of nitrogens with one attached hydrogen (secondary N) is 1. The molecule has 1 saturated heterocycles. The second-order valence-electron chi connectivity index (χ2n) is 13.8. The first-order chi connectivity index (χ1) is 20.7. The zero-order valence-corrected chi connectivity index (χ0v) is 27.4. The number of nitrogens with zero attached hydrogens (tertiary/aromatic N) is 2. The SMILES string of the molecule is COc1ccc(C(C)(C)C)cc1CN[C@H]1[C@H](C(C)(C)C)[C@@H](C(=O)O)N(C(=O)[C@H](C)c2ccccc2)[C@H]1c1cccnc1OC. The number of carboxylic acids is 1. The second-order valence-corrected chi connectivity index (χ2v) is 13.8. The largest absolute Gasteiger partial charge is 0.496 e. The Kier molecular flexibility index (Phi) is 9.74. The molecule has 8 nitrogen and oxygen atoms in total. The monoisotopic (exact) mass is 601 g/mol. The van der Waals surface area contributed by atoms with Gasteiger partial charge in [0.05, 0.1) is 26.2 Å². The summed E-state index contributed by atoms with van der Waals surface area (Å²) in [5.41, 5.74) is 3.05. The van der Waals surface area contributed by atoms with Gasteiger partial charge in [-0.05, 0) is 47.1 Å². The minimum Gasteiger partial charge on any atom is -0.496 e. The Hall–Kier alpha value is -3.91. The molecule has 8 heteroatoms. The van der Waals surface area contributed by atoms with E-state index in [-0.39, 0.29) is 11.3 Å². The van der Waals surface area contributed by atoms with E-state index in [9.17, 15) is 14.7 Å². The maximum absolute atomic E-state index is 14.5. The minimum atomic E-state index is -1.09. The van der Waals surface area contributed by atoms with Crippen LogP contribution in [0.2, 0.25) is 0 Å². The number of ether oxygens (including phenoxy) is 2. The number of methoxy groups -OCH3 is 2. The summed E-state index contributed by atoms with van der Waals surface area (Å²) in [7, 11) is 3.19. The Morgan fingerprint density at radius 2 is 1.66 bits per heavy atom. The molecule has 0 radical (unpaired) electrons. The predicted octanol–water partition coefficient (Wildman–Crippen LogP) is 6.36. The van der Waals surface area contributed by atoms with Crippen LogP contribution in [0.1, 0.15) is 82.7 Å². The van der Waals surface area contributed by atoms with Gasteiger partial charge in [0.1, 0.15) is 11.8 Å². The van der Waals surface area contributed by atoms with Crippen LogP contribution in [0.25, 0.3) is 0 Å². The highest BCUT2D eigenvalue weighted by atomic mass is 16.5. The number of carbonyl (C=O) groups excluding carboxylic acids is 1. The van der Waals surface area contributed by atoms with Crippen LogP contribution >= 0.6 is 0 Å². The molecule has 44 heavy (non-hydrogen) atoms. The van der Waals surface area contributed by atoms with Crippen molar-refractivity contribution < 1.29 is 24.2 Å². The third kappa shape index (κ3) is 6.60. The number of hydrogen-bond donors (Lipinski definition) is 2. The minimum absolute atomic E-state index is 0.0703. The molecule has 1 aromatic heterocycles. The van der Waals surface area contributed by atoms with Crippen molar-refractivity contribution >= 4 is 11.9 Å². The number of likely N-dealkylation sites (tertiary alicyclic amines) is 1. The summed E-state index contributed by atoms with van der Waals surface area (Å²) in [6.07, 6.45) is 1.64. The van der Waals surface area contributed by atoms with Crippen molar-refractivity contribution in [2.75, 3.05) is 14.2 Å². The Labute approximate surface area is 261 Å². The molecular formula is C36H47N3O5. The Morgan fingerprint density at radius 3 is 2.23 bits per heavy atom. The topological polar surface area (TPSA) is 101 Å². The predicted molar refractivity (Wildman–Crippen MR) is 172 cm³/mol. The highest BCUT2D eigenvalue weighted by Crippen LogP contribution is 2.50. The van der Waals surface area contributed by atoms with Gasteiger partial charge in [0.25, 0.3) is 0 Å². The average molecular weight is 602 g/mol. The smallest absolute Gasteiger partial charge is 0.326 e. The number of pyridine rings is 1. The number of carboxylic acid groups (broad SMARTS) is 1. The van der Waals surface area contributed by atoms with E-state index in [2.05, 4.69) is 43.2 Å². The van der Waals surface area contributed by atoms with Gasteiger partial charge in [-0.3, -0.25) is 4.79 Å². The molecule has 236 valence electrons. The maximum atomic E-state index is 14.5. The summed E-state index contributed by atoms with van der Waals surface area (Å²) >= 11 is 0. The summed E-state index contributed by atoms with van der Waals surface area (Å²) in [4.78, 5) is 33.8. The van der Waals surface area contributed by atoms with Crippen LogP contribution in [0.3, 0.4) is 0 Å². The number of amides is 1. The van der Waals surface area contributed by atoms with E-state index < -0.39 is 41.3 Å². The summed E-state index contributed by atoms with van der Waals surface area (Å²) in [6.45, 7) is 14.9. The van der Waals surface area contributed by atoms with Gasteiger partial charge >= 0.3 is 5.97 Å². The maximum Gasteiger partial charge on any atom is 0.326 e. The van der Waals surface area contributed by atoms with Crippen LogP contribution in [0.5, 0.6) is 11.6 Å². The molecule has 1 amide bonds. The van der Waals surface area contributed by atoms with Crippen LogP contribution in [0.15, 0.2) is 66.9 Å². The van der Waals surface area contributed by atoms with E-state index in [1.807, 2.05) is 70.2 Å². The van der Waals surface area contributed by atoms with Gasteiger partial charge in [0.15, 0.2) is 0 Å². The second kappa shape index (κ2) is 13.0. The zero-order chi connectivity index (χ0) is 32.4. The Balaban J connectivity index is 1.90. The van der Waals surface area contributed by atoms with Crippen molar-refractivity contribution in [1.82, 2.24) is 15.2 Å². The van der Waals surface area contributed by atoms with E-state index in [1.54, 1.807) is 31.4 Å². The quantitative estimate of drug-likeness (QED) is 0.294. The molecule has 0 spiro atoms. The third-order valence-electron chi connectivity index (χ3n) is 8.83. The number of aromatic nitrogens is 1. The first-order valence-electron chi connectivity index (χ1n) is 15.2. The lowest BCUT2D eigenvalue weighted by Crippen LogP contribution is -2.48. The Morgan fingerprint density at radius 1 is 0.977 bits per heavy atom. The highest BCUT2D eigenvalue weighted by Gasteiger charge is 2.59. The summed E-state index contributed by atoms with van der Waals surface area (Å²) < 4.78 is 11.4. The van der Waals surface area contributed by atoms with E-state index >= 15 is 0 Å². The van der Waals surface area contributed by atoms with Gasteiger partial charge in [-0.25, -0.2) is 9.78 Å². The van der Waals surface area contributed by atoms with Crippen LogP contribution in [0, 0.1) is 11.3 Å². The molecule has 1 fully saturated rings. The number of rotatable bonds is 9. The average Bonchev–Trinajstić information content (AvgIpc) is 3.35. The van der Waals surface area contributed by atoms with Gasteiger partial charge in [-0.15, -0.1) is 0 Å². The lowest BCUT2D eigenvalue weighted by atomic mass is 9.72. The molecule has 2 N–H and O–H groups in total. The normalized spacial score (nSPS) is 21.2. The van der Waals surface area contributed by atoms with Crippen molar-refractivity contribution in [3.63, 3.8) is 0 Å². The fraction of sp³-hybridized carbons (Fsp3) is 0.472. The van der Waals surface area contributed by atoms with E-state index in [1.165, 1.54) is 0 Å². The first kappa shape index (κ1) is 33.0. The van der Waals surface area contributed by atoms with Gasteiger partial charge < -0.3 is 24.8 Å². The fourth-order valence-electron chi connectivity index (χ4n) is 6.57. The number of benzene rings is 2. The lowest BCUT2D eigenvalue weighted by Gasteiger charge is -2.35. The molecule has 0 unspecified atom stereocenters. The molecule has 2 heterocycles. The molecular weight excluding hydrogens is 554 g/mol. The molecule has 0 bridgehead atoms. The van der Waals surface area contributed by atoms with E-state index in [0.29, 0.717) is 18.0 Å². The summed E-state index contributed by atoms with van der Waals surface area (Å²) in [5, 5.41) is 14.6. The summed E-state index contributed by atoms with van der Waals surface area (Å²) in [6, 6.07) is 17.1. The highest BCUT2D eigenvalue weighted by molar-refractivity contribution is 5.89.